The number of nitrogens with one attached hydrogen (secondary N) is 1. The van der Waals surface area contributed by atoms with Gasteiger partial charge in [-0.2, -0.15) is 0 Å². The number of hydrogen-bond acceptors (Lipinski definition) is 6. The van der Waals surface area contributed by atoms with Crippen LogP contribution in [0.25, 0.3) is 10.2 Å². The Kier molecular flexibility index (Phi) is 5.35. The number of amides is 3. The topological polar surface area (TPSA) is 88.6 Å². The van der Waals surface area contributed by atoms with E-state index in [2.05, 4.69) is 10.3 Å². The quantitative estimate of drug-likeness (QED) is 0.405. The molecule has 33 heavy (non-hydrogen) atoms. The van der Waals surface area contributed by atoms with Gasteiger partial charge >= 0.3 is 0 Å². The van der Waals surface area contributed by atoms with Gasteiger partial charge < -0.3 is 4.74 Å². The molecule has 1 N–H and O–H groups in total. The van der Waals surface area contributed by atoms with Gasteiger partial charge in [-0.05, 0) is 55.0 Å². The molecule has 0 radical (unpaired) electrons. The van der Waals surface area contributed by atoms with Crippen molar-refractivity contribution in [3.8, 4) is 5.75 Å². The highest BCUT2D eigenvalue weighted by atomic mass is 32.1. The van der Waals surface area contributed by atoms with Crippen molar-refractivity contribution in [2.75, 3.05) is 16.8 Å². The molecule has 0 saturated carbocycles. The zero-order valence-corrected chi connectivity index (χ0v) is 18.5. The normalized spacial score (nSPS) is 12.8. The smallest absolute Gasteiger partial charge is 0.266 e. The Labute approximate surface area is 193 Å². The van der Waals surface area contributed by atoms with E-state index in [4.69, 9.17) is 4.74 Å². The first-order valence-electron chi connectivity index (χ1n) is 10.5. The van der Waals surface area contributed by atoms with Crippen LogP contribution in [0.2, 0.25) is 0 Å². The standard InChI is InChI=1S/C25H19N3O4S/c1-2-12-32-17-10-11-20-21(14-17)33-25(26-20)27-22(29)15-6-5-7-16(13-15)28-23(30)18-8-3-4-9-19(18)24(28)31/h3-11,13-14H,2,12H2,1H3,(H,26,27,29). The number of benzene rings is 3. The zero-order valence-electron chi connectivity index (χ0n) is 17.7. The van der Waals surface area contributed by atoms with Crippen molar-refractivity contribution in [2.45, 2.75) is 13.3 Å². The van der Waals surface area contributed by atoms with Gasteiger partial charge in [0, 0.05) is 5.56 Å². The summed E-state index contributed by atoms with van der Waals surface area (Å²) in [4.78, 5) is 44.0. The predicted molar refractivity (Wildman–Crippen MR) is 127 cm³/mol. The van der Waals surface area contributed by atoms with Crippen LogP contribution in [0.15, 0.2) is 66.7 Å². The molecule has 3 amide bonds. The number of imide groups is 1. The van der Waals surface area contributed by atoms with E-state index in [1.807, 2.05) is 25.1 Å². The van der Waals surface area contributed by atoms with Crippen molar-refractivity contribution in [2.24, 2.45) is 0 Å². The Morgan fingerprint density at radius 3 is 2.48 bits per heavy atom. The molecule has 4 aromatic rings. The number of nitrogens with zero attached hydrogens (tertiary/aromatic N) is 2. The third kappa shape index (κ3) is 3.85. The number of aromatic nitrogens is 1. The summed E-state index contributed by atoms with van der Waals surface area (Å²) < 4.78 is 6.56. The Morgan fingerprint density at radius 1 is 1.00 bits per heavy atom. The van der Waals surface area contributed by atoms with Gasteiger partial charge in [-0.1, -0.05) is 36.5 Å². The highest BCUT2D eigenvalue weighted by Gasteiger charge is 2.36. The highest BCUT2D eigenvalue weighted by Crippen LogP contribution is 2.31. The number of carbonyl (C=O) groups is 3. The molecular formula is C25H19N3O4S. The van der Waals surface area contributed by atoms with Crippen molar-refractivity contribution in [3.63, 3.8) is 0 Å². The molecule has 0 saturated heterocycles. The SMILES string of the molecule is CCCOc1ccc2nc(NC(=O)c3cccc(N4C(=O)c5ccccc5C4=O)c3)sc2c1. The number of thiazole rings is 1. The van der Waals surface area contributed by atoms with Crippen LogP contribution in [0.4, 0.5) is 10.8 Å². The first-order chi connectivity index (χ1) is 16.0. The molecule has 2 heterocycles. The fraction of sp³-hybridized carbons (Fsp3) is 0.120. The number of rotatable bonds is 6. The molecule has 0 unspecified atom stereocenters. The van der Waals surface area contributed by atoms with E-state index in [9.17, 15) is 14.4 Å². The molecule has 5 rings (SSSR count). The summed E-state index contributed by atoms with van der Waals surface area (Å²) in [5, 5.41) is 3.26. The lowest BCUT2D eigenvalue weighted by molar-refractivity contribution is 0.0924. The summed E-state index contributed by atoms with van der Waals surface area (Å²) in [7, 11) is 0. The van der Waals surface area contributed by atoms with Crippen LogP contribution in [-0.2, 0) is 0 Å². The average Bonchev–Trinajstić information content (AvgIpc) is 3.35. The second-order valence-electron chi connectivity index (χ2n) is 7.49. The largest absolute Gasteiger partial charge is 0.494 e. The maximum atomic E-state index is 12.9. The van der Waals surface area contributed by atoms with Crippen LogP contribution in [0.3, 0.4) is 0 Å². The first-order valence-corrected chi connectivity index (χ1v) is 11.3. The lowest BCUT2D eigenvalue weighted by Crippen LogP contribution is -2.29. The number of ether oxygens (including phenoxy) is 1. The minimum absolute atomic E-state index is 0.315. The molecule has 0 bridgehead atoms. The Hall–Kier alpha value is -4.04. The van der Waals surface area contributed by atoms with Gasteiger partial charge in [0.1, 0.15) is 5.75 Å². The van der Waals surface area contributed by atoms with Crippen molar-refractivity contribution in [3.05, 3.63) is 83.4 Å². The maximum absolute atomic E-state index is 12.9. The summed E-state index contributed by atoms with van der Waals surface area (Å²) >= 11 is 1.35. The third-order valence-corrected chi connectivity index (χ3v) is 6.15. The molecule has 7 nitrogen and oxygen atoms in total. The van der Waals surface area contributed by atoms with E-state index in [1.165, 1.54) is 17.4 Å². The summed E-state index contributed by atoms with van der Waals surface area (Å²) in [6, 6.07) is 18.7. The second kappa shape index (κ2) is 8.48. The van der Waals surface area contributed by atoms with Crippen LogP contribution >= 0.6 is 11.3 Å². The monoisotopic (exact) mass is 457 g/mol. The highest BCUT2D eigenvalue weighted by molar-refractivity contribution is 7.22. The Morgan fingerprint density at radius 2 is 1.76 bits per heavy atom. The first kappa shape index (κ1) is 20.8. The van der Waals surface area contributed by atoms with Crippen LogP contribution < -0.4 is 15.0 Å². The zero-order chi connectivity index (χ0) is 22.9. The second-order valence-corrected chi connectivity index (χ2v) is 8.52. The number of anilines is 2. The van der Waals surface area contributed by atoms with E-state index in [1.54, 1.807) is 42.5 Å². The fourth-order valence-electron chi connectivity index (χ4n) is 3.65. The number of carbonyl (C=O) groups excluding carboxylic acids is 3. The summed E-state index contributed by atoms with van der Waals surface area (Å²) in [6.07, 6.45) is 0.918. The lowest BCUT2D eigenvalue weighted by atomic mass is 10.1. The molecule has 0 fully saturated rings. The van der Waals surface area contributed by atoms with Crippen LogP contribution in [0, 0.1) is 0 Å². The van der Waals surface area contributed by atoms with Gasteiger partial charge in [0.05, 0.1) is 33.6 Å². The summed E-state index contributed by atoms with van der Waals surface area (Å²) in [5.41, 5.74) is 2.13. The molecule has 0 atom stereocenters. The Bertz CT molecular complexity index is 1380. The minimum Gasteiger partial charge on any atom is -0.494 e. The minimum atomic E-state index is -0.402. The molecule has 3 aromatic carbocycles. The van der Waals surface area contributed by atoms with Crippen LogP contribution in [0.5, 0.6) is 5.75 Å². The van der Waals surface area contributed by atoms with Gasteiger partial charge in [0.2, 0.25) is 0 Å². The molecule has 1 aromatic heterocycles. The van der Waals surface area contributed by atoms with Crippen LogP contribution in [-0.4, -0.2) is 29.3 Å². The molecular weight excluding hydrogens is 438 g/mol. The molecule has 8 heteroatoms. The molecule has 164 valence electrons. The Balaban J connectivity index is 1.37. The van der Waals surface area contributed by atoms with E-state index >= 15 is 0 Å². The van der Waals surface area contributed by atoms with Gasteiger partial charge in [0.25, 0.3) is 17.7 Å². The van der Waals surface area contributed by atoms with E-state index < -0.39 is 11.8 Å². The molecule has 1 aliphatic rings. The third-order valence-electron chi connectivity index (χ3n) is 5.21. The summed E-state index contributed by atoms with van der Waals surface area (Å²) in [5.74, 6) is -0.421. The van der Waals surface area contributed by atoms with Crippen molar-refractivity contribution < 1.29 is 19.1 Å². The van der Waals surface area contributed by atoms with Crippen molar-refractivity contribution >= 4 is 50.1 Å². The van der Waals surface area contributed by atoms with Gasteiger partial charge in [0.15, 0.2) is 5.13 Å². The molecule has 1 aliphatic heterocycles. The molecule has 0 spiro atoms. The average molecular weight is 458 g/mol. The van der Waals surface area contributed by atoms with Crippen LogP contribution in [0.1, 0.15) is 44.4 Å². The van der Waals surface area contributed by atoms with E-state index in [0.717, 1.165) is 27.3 Å². The predicted octanol–water partition coefficient (Wildman–Crippen LogP) is 5.14. The lowest BCUT2D eigenvalue weighted by Gasteiger charge is -2.14. The van der Waals surface area contributed by atoms with Gasteiger partial charge in [-0.25, -0.2) is 9.88 Å². The number of hydrogen-bond donors (Lipinski definition) is 1. The van der Waals surface area contributed by atoms with Crippen molar-refractivity contribution in [1.29, 1.82) is 0 Å². The number of fused-ring (bicyclic) bond motifs is 2. The molecule has 0 aliphatic carbocycles. The van der Waals surface area contributed by atoms with Gasteiger partial charge in [-0.3, -0.25) is 19.7 Å². The van der Waals surface area contributed by atoms with Gasteiger partial charge in [-0.15, -0.1) is 0 Å². The summed E-state index contributed by atoms with van der Waals surface area (Å²) in [6.45, 7) is 2.68. The van der Waals surface area contributed by atoms with Crippen molar-refractivity contribution in [1.82, 2.24) is 4.98 Å². The fourth-order valence-corrected chi connectivity index (χ4v) is 4.54. The maximum Gasteiger partial charge on any atom is 0.266 e. The van der Waals surface area contributed by atoms with E-state index in [-0.39, 0.29) is 5.91 Å². The van der Waals surface area contributed by atoms with E-state index in [0.29, 0.717) is 34.1 Å².